The van der Waals surface area contributed by atoms with Gasteiger partial charge >= 0.3 is 0 Å². The van der Waals surface area contributed by atoms with Crippen LogP contribution in [0.25, 0.3) is 16.9 Å². The Hall–Kier alpha value is -3.42. The molecule has 3 rings (SSSR count). The van der Waals surface area contributed by atoms with Gasteiger partial charge in [-0.15, -0.1) is 0 Å². The second-order valence-electron chi connectivity index (χ2n) is 6.65. The van der Waals surface area contributed by atoms with Gasteiger partial charge in [-0.25, -0.2) is 4.68 Å². The third kappa shape index (κ3) is 4.46. The summed E-state index contributed by atoms with van der Waals surface area (Å²) in [5.41, 5.74) is 9.59. The molecule has 8 nitrogen and oxygen atoms in total. The number of hydrogen-bond acceptors (Lipinski definition) is 4. The number of amidine groups is 1. The zero-order chi connectivity index (χ0) is 20.1. The monoisotopic (exact) mass is 379 g/mol. The zero-order valence-corrected chi connectivity index (χ0v) is 16.3. The topological polar surface area (TPSA) is 103 Å². The third-order valence-electron chi connectivity index (χ3n) is 4.43. The van der Waals surface area contributed by atoms with Crippen LogP contribution >= 0.6 is 0 Å². The molecule has 0 saturated carbocycles. The maximum atomic E-state index is 11.2. The predicted molar refractivity (Wildman–Crippen MR) is 109 cm³/mol. The minimum absolute atomic E-state index is 0.0334. The molecule has 3 N–H and O–H groups in total. The van der Waals surface area contributed by atoms with Gasteiger partial charge in [0.2, 0.25) is 5.91 Å². The SMILES string of the molecule is CN=C(N)c1cn(CCC(C)NC(C)=O)nc1-c1ccc(-n2cccn2)cc1. The molecule has 8 heteroatoms. The molecule has 0 spiro atoms. The summed E-state index contributed by atoms with van der Waals surface area (Å²) in [6.45, 7) is 4.16. The lowest BCUT2D eigenvalue weighted by atomic mass is 10.1. The second kappa shape index (κ2) is 8.51. The van der Waals surface area contributed by atoms with E-state index in [-0.39, 0.29) is 11.9 Å². The lowest BCUT2D eigenvalue weighted by Gasteiger charge is -2.11. The Kier molecular flexibility index (Phi) is 5.88. The Morgan fingerprint density at radius 2 is 2.07 bits per heavy atom. The molecule has 1 amide bonds. The van der Waals surface area contributed by atoms with Gasteiger partial charge in [0.1, 0.15) is 11.5 Å². The van der Waals surface area contributed by atoms with E-state index in [9.17, 15) is 4.79 Å². The quantitative estimate of drug-likeness (QED) is 0.484. The first-order valence-electron chi connectivity index (χ1n) is 9.15. The molecule has 2 heterocycles. The first-order valence-corrected chi connectivity index (χ1v) is 9.15. The highest BCUT2D eigenvalue weighted by Gasteiger charge is 2.15. The number of aromatic nitrogens is 4. The first kappa shape index (κ1) is 19.3. The third-order valence-corrected chi connectivity index (χ3v) is 4.43. The normalized spacial score (nSPS) is 12.8. The van der Waals surface area contributed by atoms with Crippen LogP contribution in [0, 0.1) is 0 Å². The number of nitrogens with one attached hydrogen (secondary N) is 1. The first-order chi connectivity index (χ1) is 13.5. The number of nitrogens with two attached hydrogens (primary N) is 1. The molecule has 146 valence electrons. The zero-order valence-electron chi connectivity index (χ0n) is 16.3. The summed E-state index contributed by atoms with van der Waals surface area (Å²) in [6, 6.07) is 9.92. The fourth-order valence-electron chi connectivity index (χ4n) is 3.00. The van der Waals surface area contributed by atoms with Gasteiger partial charge < -0.3 is 11.1 Å². The van der Waals surface area contributed by atoms with Crippen LogP contribution in [-0.2, 0) is 11.3 Å². The van der Waals surface area contributed by atoms with Gasteiger partial charge in [0.05, 0.1) is 11.3 Å². The van der Waals surface area contributed by atoms with Crippen LogP contribution in [0.1, 0.15) is 25.8 Å². The average molecular weight is 379 g/mol. The highest BCUT2D eigenvalue weighted by Crippen LogP contribution is 2.23. The fourth-order valence-corrected chi connectivity index (χ4v) is 3.00. The maximum Gasteiger partial charge on any atom is 0.217 e. The molecular formula is C20H25N7O. The molecule has 1 aromatic carbocycles. The van der Waals surface area contributed by atoms with Crippen LogP contribution in [0.15, 0.2) is 53.9 Å². The number of carbonyl (C=O) groups excluding carboxylic acids is 1. The van der Waals surface area contributed by atoms with E-state index in [1.54, 1.807) is 17.9 Å². The fraction of sp³-hybridized carbons (Fsp3) is 0.300. The molecule has 0 fully saturated rings. The average Bonchev–Trinajstić information content (AvgIpc) is 3.35. The number of amides is 1. The van der Waals surface area contributed by atoms with Gasteiger partial charge in [0, 0.05) is 50.7 Å². The minimum atomic E-state index is -0.0334. The van der Waals surface area contributed by atoms with Crippen molar-refractivity contribution in [2.75, 3.05) is 7.05 Å². The lowest BCUT2D eigenvalue weighted by Crippen LogP contribution is -2.31. The Morgan fingerprint density at radius 1 is 1.32 bits per heavy atom. The van der Waals surface area contributed by atoms with E-state index in [0.717, 1.165) is 28.9 Å². The molecule has 0 aliphatic heterocycles. The van der Waals surface area contributed by atoms with E-state index in [0.29, 0.717) is 12.4 Å². The maximum absolute atomic E-state index is 11.2. The molecule has 28 heavy (non-hydrogen) atoms. The van der Waals surface area contributed by atoms with Crippen LogP contribution in [0.3, 0.4) is 0 Å². The predicted octanol–water partition coefficient (Wildman–Crippen LogP) is 1.99. The van der Waals surface area contributed by atoms with Gasteiger partial charge in [-0.05, 0) is 31.5 Å². The van der Waals surface area contributed by atoms with Crippen molar-refractivity contribution in [3.05, 3.63) is 54.5 Å². The summed E-state index contributed by atoms with van der Waals surface area (Å²) in [7, 11) is 1.66. The van der Waals surface area contributed by atoms with Gasteiger partial charge in [0.25, 0.3) is 0 Å². The van der Waals surface area contributed by atoms with Crippen molar-refractivity contribution >= 4 is 11.7 Å². The summed E-state index contributed by atoms with van der Waals surface area (Å²) < 4.78 is 3.65. The number of nitrogens with zero attached hydrogens (tertiary/aromatic N) is 5. The molecule has 2 aromatic heterocycles. The summed E-state index contributed by atoms with van der Waals surface area (Å²) in [5.74, 6) is 0.404. The van der Waals surface area contributed by atoms with Gasteiger partial charge in [0.15, 0.2) is 0 Å². The minimum Gasteiger partial charge on any atom is -0.383 e. The van der Waals surface area contributed by atoms with E-state index in [4.69, 9.17) is 10.8 Å². The molecule has 0 radical (unpaired) electrons. The van der Waals surface area contributed by atoms with Crippen LogP contribution in [-0.4, -0.2) is 44.4 Å². The highest BCUT2D eigenvalue weighted by molar-refractivity contribution is 6.02. The van der Waals surface area contributed by atoms with Crippen LogP contribution in [0.5, 0.6) is 0 Å². The summed E-state index contributed by atoms with van der Waals surface area (Å²) in [4.78, 5) is 15.3. The van der Waals surface area contributed by atoms with Crippen LogP contribution in [0.4, 0.5) is 0 Å². The Balaban J connectivity index is 1.85. The number of aliphatic imine (C=N–C) groups is 1. The van der Waals surface area contributed by atoms with E-state index < -0.39 is 0 Å². The van der Waals surface area contributed by atoms with Crippen molar-refractivity contribution < 1.29 is 4.79 Å². The Labute approximate surface area is 164 Å². The van der Waals surface area contributed by atoms with Crippen molar-refractivity contribution in [2.24, 2.45) is 10.7 Å². The second-order valence-corrected chi connectivity index (χ2v) is 6.65. The van der Waals surface area contributed by atoms with Crippen molar-refractivity contribution in [1.29, 1.82) is 0 Å². The van der Waals surface area contributed by atoms with Crippen molar-refractivity contribution in [3.8, 4) is 16.9 Å². The number of benzene rings is 1. The number of rotatable bonds is 7. The number of carbonyl (C=O) groups is 1. The number of hydrogen-bond donors (Lipinski definition) is 2. The van der Waals surface area contributed by atoms with Crippen molar-refractivity contribution in [3.63, 3.8) is 0 Å². The molecule has 0 aliphatic rings. The standard InChI is InChI=1S/C20H25N7O/c1-14(24-15(2)28)9-12-26-13-18(20(21)22-3)19(25-26)16-5-7-17(8-6-16)27-11-4-10-23-27/h4-8,10-11,13-14H,9,12H2,1-3H3,(H2,21,22)(H,24,28). The molecule has 1 unspecified atom stereocenters. The molecule has 3 aromatic rings. The Morgan fingerprint density at radius 3 is 2.68 bits per heavy atom. The summed E-state index contributed by atoms with van der Waals surface area (Å²) in [6.07, 6.45) is 6.31. The van der Waals surface area contributed by atoms with Crippen LogP contribution in [0.2, 0.25) is 0 Å². The molecule has 0 aliphatic carbocycles. The van der Waals surface area contributed by atoms with Gasteiger partial charge in [-0.3, -0.25) is 14.5 Å². The van der Waals surface area contributed by atoms with Gasteiger partial charge in [-0.1, -0.05) is 12.1 Å². The lowest BCUT2D eigenvalue weighted by molar-refractivity contribution is -0.119. The van der Waals surface area contributed by atoms with Gasteiger partial charge in [-0.2, -0.15) is 10.2 Å². The van der Waals surface area contributed by atoms with E-state index in [1.165, 1.54) is 6.92 Å². The molecule has 0 saturated heterocycles. The molecular weight excluding hydrogens is 354 g/mol. The van der Waals surface area contributed by atoms with Crippen LogP contribution < -0.4 is 11.1 Å². The van der Waals surface area contributed by atoms with Crippen molar-refractivity contribution in [1.82, 2.24) is 24.9 Å². The molecule has 0 bridgehead atoms. The largest absolute Gasteiger partial charge is 0.383 e. The summed E-state index contributed by atoms with van der Waals surface area (Å²) >= 11 is 0. The van der Waals surface area contributed by atoms with E-state index in [2.05, 4.69) is 15.4 Å². The smallest absolute Gasteiger partial charge is 0.217 e. The van der Waals surface area contributed by atoms with E-state index in [1.807, 2.05) is 54.3 Å². The number of aryl methyl sites for hydroxylation is 1. The van der Waals surface area contributed by atoms with Crippen molar-refractivity contribution in [2.45, 2.75) is 32.9 Å². The Bertz CT molecular complexity index is 955. The molecule has 1 atom stereocenters. The van der Waals surface area contributed by atoms with E-state index >= 15 is 0 Å². The highest BCUT2D eigenvalue weighted by atomic mass is 16.1. The summed E-state index contributed by atoms with van der Waals surface area (Å²) in [5, 5.41) is 11.8.